The summed E-state index contributed by atoms with van der Waals surface area (Å²) in [4.78, 5) is 0. The molecule has 0 saturated carbocycles. The van der Waals surface area contributed by atoms with Crippen LogP contribution in [0.2, 0.25) is 0 Å². The first kappa shape index (κ1) is 15.5. The highest BCUT2D eigenvalue weighted by Gasteiger charge is 2.45. The Morgan fingerprint density at radius 2 is 1.18 bits per heavy atom. The second kappa shape index (κ2) is 11.8. The van der Waals surface area contributed by atoms with Crippen LogP contribution in [0.5, 0.6) is 11.5 Å². The Kier molecular flexibility index (Phi) is 3.57. The molecule has 0 bridgehead atoms. The van der Waals surface area contributed by atoms with Crippen molar-refractivity contribution >= 4 is 21.8 Å². The van der Waals surface area contributed by atoms with Crippen molar-refractivity contribution < 1.29 is 32.2 Å². The smallest absolute Gasteiger partial charge is 0.132 e. The number of benzene rings is 8. The van der Waals surface area contributed by atoms with E-state index in [0.717, 1.165) is 17.3 Å². The number of nitrogens with zero attached hydrogens (tertiary/aromatic N) is 1. The number of fused-ring (bicyclic) bond motifs is 5. The van der Waals surface area contributed by atoms with Crippen molar-refractivity contribution in [3.05, 3.63) is 222 Å². The van der Waals surface area contributed by atoms with Gasteiger partial charge in [-0.05, 0) is 81.8 Å². The van der Waals surface area contributed by atoms with Crippen LogP contribution in [0.1, 0.15) is 49.7 Å². The maximum absolute atomic E-state index is 10.3. The molecule has 1 aliphatic heterocycles. The summed E-state index contributed by atoms with van der Waals surface area (Å²) in [7, 11) is 0. The van der Waals surface area contributed by atoms with Crippen molar-refractivity contribution in [2.75, 3.05) is 0 Å². The van der Waals surface area contributed by atoms with Crippen LogP contribution in [-0.4, -0.2) is 4.57 Å². The van der Waals surface area contributed by atoms with Gasteiger partial charge in [0.05, 0.1) is 43.9 Å². The standard InChI is InChI=1S/C49H33NO/c1-4-18-37(19-5-1)49(38-20-6-2-7-21-38)42-26-11-13-29-46(42)51-47-31-30-35(33-43(47)49)34-16-14-17-36(32-34)40-25-15-28-45-48(40)41-24-10-12-27-44(41)50(45)39-22-8-3-9-23-39/h1-33H/i1D,2D,4D,5D,6D,7D,11D,13D,14D,16D,17D,18D,19D,20D,26D,29D,30D,31D,32D,33D. The third-order valence-corrected chi connectivity index (χ3v) is 9.07. The zero-order chi connectivity index (χ0) is 51.2. The van der Waals surface area contributed by atoms with Crippen LogP contribution in [-0.2, 0) is 5.41 Å². The molecule has 1 aliphatic rings. The largest absolute Gasteiger partial charge is 0.457 e. The molecule has 9 aromatic rings. The van der Waals surface area contributed by atoms with Gasteiger partial charge in [-0.1, -0.05) is 151 Å². The topological polar surface area (TPSA) is 14.2 Å². The number of rotatable bonds is 5. The fraction of sp³-hybridized carbons (Fsp3) is 0.0204. The molecule has 1 atom stereocenters. The Morgan fingerprint density at radius 3 is 2.08 bits per heavy atom. The lowest BCUT2D eigenvalue weighted by atomic mass is 9.63. The van der Waals surface area contributed by atoms with Crippen molar-refractivity contribution in [3.63, 3.8) is 0 Å². The molecule has 2 heterocycles. The second-order valence-electron chi connectivity index (χ2n) is 11.7. The van der Waals surface area contributed by atoms with E-state index in [-0.39, 0.29) is 11.1 Å². The Balaban J connectivity index is 1.42. The SMILES string of the molecule is [2H]c1cc(C2(c3c([2H])c([2H])c([2H])c([2H])c3[2H])c3c([2H])c([2H])c([2H])c([2H])c3Oc3c([2H])c([2H])c(-c4c([2H])c([2H])c([2H])c(-c5cccc6c5c5ccccc5n6-c5ccccc5)c4[2H])c([2H])c32)c([2H])c([2H])c1[2H]. The van der Waals surface area contributed by atoms with Gasteiger partial charge in [-0.2, -0.15) is 0 Å². The van der Waals surface area contributed by atoms with Gasteiger partial charge >= 0.3 is 0 Å². The first-order valence-electron chi connectivity index (χ1n) is 25.9. The molecule has 0 spiro atoms. The van der Waals surface area contributed by atoms with Crippen LogP contribution >= 0.6 is 0 Å². The molecule has 1 unspecified atom stereocenters. The normalized spacial score (nSPS) is 20.4. The average molecular weight is 672 g/mol. The molecular formula is C49H33NO. The van der Waals surface area contributed by atoms with E-state index in [9.17, 15) is 15.1 Å². The van der Waals surface area contributed by atoms with E-state index in [2.05, 4.69) is 0 Å². The summed E-state index contributed by atoms with van der Waals surface area (Å²) in [5.74, 6) is -1.66. The van der Waals surface area contributed by atoms with E-state index in [1.54, 1.807) is 12.1 Å². The molecule has 0 fully saturated rings. The highest BCUT2D eigenvalue weighted by molar-refractivity contribution is 6.15. The summed E-state index contributed by atoms with van der Waals surface area (Å²) in [6.07, 6.45) is 0. The number of para-hydroxylation sites is 3. The monoisotopic (exact) mass is 671 g/mol. The van der Waals surface area contributed by atoms with Gasteiger partial charge in [0.1, 0.15) is 11.5 Å². The van der Waals surface area contributed by atoms with E-state index in [4.69, 9.17) is 17.1 Å². The minimum Gasteiger partial charge on any atom is -0.457 e. The molecule has 0 saturated heterocycles. The summed E-state index contributed by atoms with van der Waals surface area (Å²) in [5.41, 5.74) is -5.40. The molecule has 0 aliphatic carbocycles. The minimum atomic E-state index is -3.05. The van der Waals surface area contributed by atoms with Crippen LogP contribution in [0, 0.1) is 0 Å². The lowest BCUT2D eigenvalue weighted by Crippen LogP contribution is -2.34. The Hall–Kier alpha value is -6.64. The Bertz CT molecular complexity index is 3810. The number of hydrogen-bond acceptors (Lipinski definition) is 1. The van der Waals surface area contributed by atoms with Crippen LogP contribution < -0.4 is 4.74 Å². The van der Waals surface area contributed by atoms with Crippen LogP contribution in [0.3, 0.4) is 0 Å². The van der Waals surface area contributed by atoms with Gasteiger partial charge in [-0.15, -0.1) is 0 Å². The molecule has 51 heavy (non-hydrogen) atoms. The molecule has 1 aromatic heterocycles. The quantitative estimate of drug-likeness (QED) is 0.178. The zero-order valence-corrected chi connectivity index (χ0v) is 26.4. The van der Waals surface area contributed by atoms with Crippen LogP contribution in [0.15, 0.2) is 200 Å². The van der Waals surface area contributed by atoms with E-state index in [0.29, 0.717) is 16.3 Å². The van der Waals surface area contributed by atoms with E-state index >= 15 is 0 Å². The number of aromatic nitrogens is 1. The van der Waals surface area contributed by atoms with Crippen molar-refractivity contribution in [1.29, 1.82) is 0 Å². The lowest BCUT2D eigenvalue weighted by molar-refractivity contribution is 0.434. The van der Waals surface area contributed by atoms with Crippen LogP contribution in [0.4, 0.5) is 0 Å². The van der Waals surface area contributed by atoms with Crippen molar-refractivity contribution in [3.8, 4) is 39.4 Å². The summed E-state index contributed by atoms with van der Waals surface area (Å²) in [6.45, 7) is 0. The second-order valence-corrected chi connectivity index (χ2v) is 11.7. The Labute approximate surface area is 325 Å². The third-order valence-electron chi connectivity index (χ3n) is 9.07. The predicted molar refractivity (Wildman–Crippen MR) is 210 cm³/mol. The summed E-state index contributed by atoms with van der Waals surface area (Å²) in [6, 6.07) is 4.79. The van der Waals surface area contributed by atoms with Gasteiger partial charge in [0.25, 0.3) is 0 Å². The molecule has 2 heteroatoms. The van der Waals surface area contributed by atoms with Crippen LogP contribution in [0.25, 0.3) is 49.7 Å². The molecule has 240 valence electrons. The van der Waals surface area contributed by atoms with E-state index in [1.807, 2.05) is 65.2 Å². The van der Waals surface area contributed by atoms with Crippen molar-refractivity contribution in [2.45, 2.75) is 5.41 Å². The van der Waals surface area contributed by atoms with Gasteiger partial charge in [-0.3, -0.25) is 0 Å². The maximum atomic E-state index is 10.3. The zero-order valence-electron chi connectivity index (χ0n) is 46.4. The summed E-state index contributed by atoms with van der Waals surface area (Å²) in [5, 5.41) is 1.22. The summed E-state index contributed by atoms with van der Waals surface area (Å²) >= 11 is 0. The highest BCUT2D eigenvalue weighted by atomic mass is 16.5. The van der Waals surface area contributed by atoms with Gasteiger partial charge in [0.15, 0.2) is 0 Å². The first-order chi connectivity index (χ1) is 33.6. The summed E-state index contributed by atoms with van der Waals surface area (Å²) < 4.78 is 192. The van der Waals surface area contributed by atoms with Crippen molar-refractivity contribution in [2.24, 2.45) is 0 Å². The average Bonchev–Trinajstić information content (AvgIpc) is 3.71. The van der Waals surface area contributed by atoms with E-state index < -0.39 is 171 Å². The van der Waals surface area contributed by atoms with E-state index in [1.165, 1.54) is 0 Å². The number of ether oxygens (including phenoxy) is 1. The molecule has 0 amide bonds. The lowest BCUT2D eigenvalue weighted by Gasteiger charge is -2.41. The number of hydrogen-bond donors (Lipinski definition) is 0. The van der Waals surface area contributed by atoms with Gasteiger partial charge < -0.3 is 9.30 Å². The predicted octanol–water partition coefficient (Wildman–Crippen LogP) is 12.6. The molecule has 10 rings (SSSR count). The first-order valence-corrected chi connectivity index (χ1v) is 15.9. The van der Waals surface area contributed by atoms with Gasteiger partial charge in [-0.25, -0.2) is 0 Å². The maximum Gasteiger partial charge on any atom is 0.132 e. The van der Waals surface area contributed by atoms with Crippen molar-refractivity contribution in [1.82, 2.24) is 4.57 Å². The molecule has 0 N–H and O–H groups in total. The van der Waals surface area contributed by atoms with Gasteiger partial charge in [0.2, 0.25) is 0 Å². The fourth-order valence-electron chi connectivity index (χ4n) is 6.99. The fourth-order valence-corrected chi connectivity index (χ4v) is 6.99. The minimum absolute atomic E-state index is 0.213. The molecule has 0 radical (unpaired) electrons. The molecule has 2 nitrogen and oxygen atoms in total. The molecule has 8 aromatic carbocycles. The van der Waals surface area contributed by atoms with Gasteiger partial charge in [0, 0.05) is 27.6 Å². The Morgan fingerprint density at radius 1 is 0.471 bits per heavy atom. The molecular weight excluding hydrogens is 619 g/mol. The highest BCUT2D eigenvalue weighted by Crippen LogP contribution is 2.56. The third kappa shape index (κ3) is 4.50.